The first-order valence-electron chi connectivity index (χ1n) is 6.09. The van der Waals surface area contributed by atoms with Gasteiger partial charge in [0.25, 0.3) is 0 Å². The summed E-state index contributed by atoms with van der Waals surface area (Å²) in [6.45, 7) is 1.80. The average molecular weight is 308 g/mol. The van der Waals surface area contributed by atoms with Gasteiger partial charge in [0.1, 0.15) is 5.82 Å². The maximum Gasteiger partial charge on any atom is 0.216 e. The van der Waals surface area contributed by atoms with Crippen LogP contribution >= 0.6 is 12.2 Å². The molecule has 8 heteroatoms. The van der Waals surface area contributed by atoms with Crippen molar-refractivity contribution in [3.63, 3.8) is 0 Å². The van der Waals surface area contributed by atoms with Crippen molar-refractivity contribution in [1.29, 1.82) is 0 Å². The third-order valence-electron chi connectivity index (χ3n) is 2.82. The van der Waals surface area contributed by atoms with E-state index < -0.39 is 0 Å². The summed E-state index contributed by atoms with van der Waals surface area (Å²) in [4.78, 5) is 0. The number of aromatic nitrogens is 3. The predicted octanol–water partition coefficient (Wildman–Crippen LogP) is 2.16. The molecule has 0 amide bonds. The fourth-order valence-corrected chi connectivity index (χ4v) is 2.03. The number of rotatable bonds is 5. The summed E-state index contributed by atoms with van der Waals surface area (Å²) in [6.07, 6.45) is 1.64. The van der Waals surface area contributed by atoms with Crippen molar-refractivity contribution in [1.82, 2.24) is 14.9 Å². The largest absolute Gasteiger partial charge is 0.493 e. The van der Waals surface area contributed by atoms with Crippen molar-refractivity contribution in [2.75, 3.05) is 21.3 Å². The minimum atomic E-state index is 0.427. The molecule has 112 valence electrons. The third-order valence-corrected chi connectivity index (χ3v) is 3.09. The number of hydrogen-bond acceptors (Lipinski definition) is 6. The van der Waals surface area contributed by atoms with Crippen molar-refractivity contribution in [3.05, 3.63) is 28.3 Å². The molecular weight excluding hydrogens is 292 g/mol. The highest BCUT2D eigenvalue weighted by Gasteiger charge is 2.12. The smallest absolute Gasteiger partial charge is 0.216 e. The fraction of sp³-hybridized carbons (Fsp3) is 0.308. The van der Waals surface area contributed by atoms with Crippen LogP contribution < -0.4 is 14.2 Å². The summed E-state index contributed by atoms with van der Waals surface area (Å²) < 4.78 is 17.8. The molecule has 1 N–H and O–H groups in total. The van der Waals surface area contributed by atoms with Gasteiger partial charge in [0, 0.05) is 5.56 Å². The van der Waals surface area contributed by atoms with Crippen molar-refractivity contribution >= 4 is 18.4 Å². The molecule has 0 radical (unpaired) electrons. The van der Waals surface area contributed by atoms with Gasteiger partial charge in [-0.2, -0.15) is 14.9 Å². The van der Waals surface area contributed by atoms with Gasteiger partial charge >= 0.3 is 0 Å². The highest BCUT2D eigenvalue weighted by molar-refractivity contribution is 7.71. The molecule has 1 heterocycles. The molecule has 2 aromatic rings. The quantitative estimate of drug-likeness (QED) is 0.677. The normalized spacial score (nSPS) is 10.9. The highest BCUT2D eigenvalue weighted by atomic mass is 32.1. The topological polar surface area (TPSA) is 73.7 Å². The van der Waals surface area contributed by atoms with Crippen LogP contribution in [0, 0.1) is 11.7 Å². The van der Waals surface area contributed by atoms with Gasteiger partial charge in [-0.25, -0.2) is 0 Å². The minimum absolute atomic E-state index is 0.427. The number of methoxy groups -OCH3 is 3. The van der Waals surface area contributed by atoms with E-state index in [1.807, 2.05) is 0 Å². The van der Waals surface area contributed by atoms with Gasteiger partial charge in [-0.05, 0) is 31.3 Å². The molecule has 0 fully saturated rings. The van der Waals surface area contributed by atoms with Gasteiger partial charge in [-0.1, -0.05) is 0 Å². The Morgan fingerprint density at radius 1 is 1.19 bits per heavy atom. The van der Waals surface area contributed by atoms with Crippen LogP contribution in [-0.4, -0.2) is 42.4 Å². The molecule has 1 aromatic heterocycles. The molecule has 1 aromatic carbocycles. The Kier molecular flexibility index (Phi) is 4.59. The van der Waals surface area contributed by atoms with Crippen molar-refractivity contribution in [3.8, 4) is 17.2 Å². The van der Waals surface area contributed by atoms with Gasteiger partial charge in [-0.3, -0.25) is 5.10 Å². The zero-order chi connectivity index (χ0) is 15.4. The first-order chi connectivity index (χ1) is 10.1. The molecule has 0 unspecified atom stereocenters. The molecule has 7 nitrogen and oxygen atoms in total. The second-order valence-electron chi connectivity index (χ2n) is 4.09. The molecule has 0 aliphatic carbocycles. The Morgan fingerprint density at radius 2 is 1.81 bits per heavy atom. The van der Waals surface area contributed by atoms with E-state index in [4.69, 9.17) is 26.4 Å². The number of nitrogens with zero attached hydrogens (tertiary/aromatic N) is 3. The molecule has 0 saturated heterocycles. The van der Waals surface area contributed by atoms with Gasteiger partial charge in [0.15, 0.2) is 11.5 Å². The Hall–Kier alpha value is -2.35. The lowest BCUT2D eigenvalue weighted by molar-refractivity contribution is 0.324. The average Bonchev–Trinajstić information content (AvgIpc) is 2.82. The number of hydrogen-bond donors (Lipinski definition) is 1. The van der Waals surface area contributed by atoms with Crippen LogP contribution in [0.2, 0.25) is 0 Å². The lowest BCUT2D eigenvalue weighted by Gasteiger charge is -2.12. The van der Waals surface area contributed by atoms with E-state index in [0.29, 0.717) is 27.8 Å². The molecule has 0 aliphatic rings. The van der Waals surface area contributed by atoms with E-state index in [-0.39, 0.29) is 0 Å². The third kappa shape index (κ3) is 3.05. The lowest BCUT2D eigenvalue weighted by atomic mass is 10.2. The Labute approximate surface area is 127 Å². The van der Waals surface area contributed by atoms with E-state index in [2.05, 4.69) is 15.3 Å². The first-order valence-corrected chi connectivity index (χ1v) is 6.50. The molecule has 0 bridgehead atoms. The van der Waals surface area contributed by atoms with Gasteiger partial charge in [-0.15, -0.1) is 0 Å². The van der Waals surface area contributed by atoms with Crippen LogP contribution in [0.4, 0.5) is 0 Å². The van der Waals surface area contributed by atoms with Crippen LogP contribution in [0.25, 0.3) is 0 Å². The minimum Gasteiger partial charge on any atom is -0.493 e. The van der Waals surface area contributed by atoms with Gasteiger partial charge in [0.2, 0.25) is 10.5 Å². The van der Waals surface area contributed by atoms with Crippen molar-refractivity contribution in [2.45, 2.75) is 6.92 Å². The SMILES string of the molecule is COc1cc(/C=N\n2c(C)n[nH]c2=S)cc(OC)c1OC. The van der Waals surface area contributed by atoms with Crippen LogP contribution in [0.15, 0.2) is 17.2 Å². The van der Waals surface area contributed by atoms with E-state index in [9.17, 15) is 0 Å². The number of ether oxygens (including phenoxy) is 3. The second kappa shape index (κ2) is 6.40. The summed E-state index contributed by atoms with van der Waals surface area (Å²) >= 11 is 5.09. The fourth-order valence-electron chi connectivity index (χ4n) is 1.81. The van der Waals surface area contributed by atoms with Crippen LogP contribution in [-0.2, 0) is 0 Å². The molecule has 21 heavy (non-hydrogen) atoms. The predicted molar refractivity (Wildman–Crippen MR) is 81.2 cm³/mol. The summed E-state index contributed by atoms with van der Waals surface area (Å²) in [5.41, 5.74) is 0.784. The van der Waals surface area contributed by atoms with E-state index >= 15 is 0 Å². The summed E-state index contributed by atoms with van der Waals surface area (Å²) in [5, 5.41) is 10.9. The monoisotopic (exact) mass is 308 g/mol. The number of nitrogens with one attached hydrogen (secondary N) is 1. The van der Waals surface area contributed by atoms with Gasteiger partial charge < -0.3 is 14.2 Å². The first kappa shape index (κ1) is 15.0. The number of aryl methyl sites for hydroxylation is 1. The summed E-state index contributed by atoms with van der Waals surface area (Å²) in [6, 6.07) is 3.59. The summed E-state index contributed by atoms with van der Waals surface area (Å²) in [7, 11) is 4.69. The molecular formula is C13H16N4O3S. The zero-order valence-electron chi connectivity index (χ0n) is 12.2. The molecule has 0 spiro atoms. The second-order valence-corrected chi connectivity index (χ2v) is 4.48. The number of benzene rings is 1. The van der Waals surface area contributed by atoms with E-state index in [1.165, 1.54) is 4.68 Å². The molecule has 2 rings (SSSR count). The Bertz CT molecular complexity index is 695. The van der Waals surface area contributed by atoms with Crippen LogP contribution in [0.3, 0.4) is 0 Å². The Morgan fingerprint density at radius 3 is 2.24 bits per heavy atom. The van der Waals surface area contributed by atoms with E-state index in [0.717, 1.165) is 5.56 Å². The van der Waals surface area contributed by atoms with Crippen LogP contribution in [0.5, 0.6) is 17.2 Å². The lowest BCUT2D eigenvalue weighted by Crippen LogP contribution is -1.98. The van der Waals surface area contributed by atoms with Crippen molar-refractivity contribution < 1.29 is 14.2 Å². The highest BCUT2D eigenvalue weighted by Crippen LogP contribution is 2.37. The molecule has 0 atom stereocenters. The number of aromatic amines is 1. The molecule has 0 saturated carbocycles. The van der Waals surface area contributed by atoms with Crippen LogP contribution in [0.1, 0.15) is 11.4 Å². The van der Waals surface area contributed by atoms with E-state index in [1.54, 1.807) is 46.6 Å². The zero-order valence-corrected chi connectivity index (χ0v) is 13.0. The van der Waals surface area contributed by atoms with Crippen molar-refractivity contribution in [2.24, 2.45) is 5.10 Å². The molecule has 0 aliphatic heterocycles. The summed E-state index contributed by atoms with van der Waals surface area (Å²) in [5.74, 6) is 2.33. The number of H-pyrrole nitrogens is 1. The Balaban J connectivity index is 2.43. The maximum atomic E-state index is 5.29. The van der Waals surface area contributed by atoms with Gasteiger partial charge in [0.05, 0.1) is 27.5 Å². The maximum absolute atomic E-state index is 5.29. The standard InChI is InChI=1S/C13H16N4O3S/c1-8-15-16-13(21)17(8)14-7-9-5-10(18-2)12(20-4)11(6-9)19-3/h5-7H,1-4H3,(H,16,21)/b14-7-.